The Balaban J connectivity index is 2.74. The topological polar surface area (TPSA) is 15.3 Å². The van der Waals surface area contributed by atoms with Gasteiger partial charge in [-0.2, -0.15) is 0 Å². The largest absolute Gasteiger partial charge is 0.311 e. The fourth-order valence-electron chi connectivity index (χ4n) is 2.12. The molecule has 0 saturated carbocycles. The maximum atomic E-state index is 3.74. The van der Waals surface area contributed by atoms with Crippen LogP contribution < -0.4 is 5.32 Å². The number of benzene rings is 1. The van der Waals surface area contributed by atoms with Crippen LogP contribution in [0.1, 0.15) is 25.5 Å². The predicted octanol–water partition coefficient (Wildman–Crippen LogP) is 2.85. The summed E-state index contributed by atoms with van der Waals surface area (Å²) < 4.78 is 0. The Morgan fingerprint density at radius 3 is 2.41 bits per heavy atom. The lowest BCUT2D eigenvalue weighted by Gasteiger charge is -2.30. The first-order valence-electron chi connectivity index (χ1n) is 6.44. The zero-order valence-electron chi connectivity index (χ0n) is 11.0. The molecule has 0 saturated heterocycles. The van der Waals surface area contributed by atoms with E-state index in [0.29, 0.717) is 6.04 Å². The lowest BCUT2D eigenvalue weighted by Crippen LogP contribution is -2.35. The van der Waals surface area contributed by atoms with Crippen molar-refractivity contribution < 1.29 is 0 Å². The molecule has 17 heavy (non-hydrogen) atoms. The lowest BCUT2D eigenvalue weighted by molar-refractivity contribution is 0.215. The summed E-state index contributed by atoms with van der Waals surface area (Å²) in [6.07, 6.45) is 1.91. The summed E-state index contributed by atoms with van der Waals surface area (Å²) in [7, 11) is 0. The minimum absolute atomic E-state index is 0.450. The van der Waals surface area contributed by atoms with Crippen molar-refractivity contribution in [2.75, 3.05) is 26.2 Å². The average Bonchev–Trinajstić information content (AvgIpc) is 2.39. The second-order valence-electron chi connectivity index (χ2n) is 4.09. The predicted molar refractivity (Wildman–Crippen MR) is 75.2 cm³/mol. The van der Waals surface area contributed by atoms with Gasteiger partial charge in [-0.15, -0.1) is 6.58 Å². The molecule has 1 aromatic carbocycles. The molecule has 1 rings (SSSR count). The van der Waals surface area contributed by atoms with Gasteiger partial charge in [0.05, 0.1) is 0 Å². The highest BCUT2D eigenvalue weighted by atomic mass is 15.2. The number of rotatable bonds is 8. The van der Waals surface area contributed by atoms with E-state index in [4.69, 9.17) is 0 Å². The minimum atomic E-state index is 0.450. The first-order chi connectivity index (χ1) is 8.33. The van der Waals surface area contributed by atoms with E-state index >= 15 is 0 Å². The van der Waals surface area contributed by atoms with Crippen LogP contribution in [-0.4, -0.2) is 31.1 Å². The van der Waals surface area contributed by atoms with Crippen molar-refractivity contribution in [2.24, 2.45) is 0 Å². The van der Waals surface area contributed by atoms with E-state index in [2.05, 4.69) is 61.0 Å². The van der Waals surface area contributed by atoms with Gasteiger partial charge in [0.25, 0.3) is 0 Å². The highest BCUT2D eigenvalue weighted by Gasteiger charge is 2.16. The lowest BCUT2D eigenvalue weighted by atomic mass is 10.1. The zero-order chi connectivity index (χ0) is 12.5. The van der Waals surface area contributed by atoms with E-state index in [1.807, 2.05) is 6.08 Å². The summed E-state index contributed by atoms with van der Waals surface area (Å²) in [4.78, 5) is 2.48. The quantitative estimate of drug-likeness (QED) is 0.547. The van der Waals surface area contributed by atoms with E-state index in [-0.39, 0.29) is 0 Å². The molecule has 0 aliphatic carbocycles. The van der Waals surface area contributed by atoms with Crippen LogP contribution in [0.25, 0.3) is 0 Å². The van der Waals surface area contributed by atoms with Crippen molar-refractivity contribution in [1.82, 2.24) is 10.2 Å². The molecule has 0 aromatic heterocycles. The van der Waals surface area contributed by atoms with Gasteiger partial charge < -0.3 is 5.32 Å². The molecule has 0 aliphatic heterocycles. The maximum absolute atomic E-state index is 3.74. The summed E-state index contributed by atoms with van der Waals surface area (Å²) in [5.41, 5.74) is 1.38. The van der Waals surface area contributed by atoms with Crippen LogP contribution in [0.4, 0.5) is 0 Å². The zero-order valence-corrected chi connectivity index (χ0v) is 11.0. The number of hydrogen-bond donors (Lipinski definition) is 1. The molecular formula is C15H24N2. The molecule has 0 fully saturated rings. The molecule has 0 spiro atoms. The van der Waals surface area contributed by atoms with Crippen LogP contribution in [0.3, 0.4) is 0 Å². The average molecular weight is 232 g/mol. The second kappa shape index (κ2) is 8.04. The highest BCUT2D eigenvalue weighted by Crippen LogP contribution is 2.19. The van der Waals surface area contributed by atoms with E-state index in [1.165, 1.54) is 5.56 Å². The van der Waals surface area contributed by atoms with E-state index in [0.717, 1.165) is 26.2 Å². The number of nitrogens with zero attached hydrogens (tertiary/aromatic N) is 1. The second-order valence-corrected chi connectivity index (χ2v) is 4.09. The van der Waals surface area contributed by atoms with Crippen LogP contribution in [0.5, 0.6) is 0 Å². The van der Waals surface area contributed by atoms with Crippen molar-refractivity contribution in [1.29, 1.82) is 0 Å². The Hall–Kier alpha value is -1.12. The molecule has 2 nitrogen and oxygen atoms in total. The smallest absolute Gasteiger partial charge is 0.0472 e. The molecule has 1 atom stereocenters. The highest BCUT2D eigenvalue weighted by molar-refractivity contribution is 5.19. The van der Waals surface area contributed by atoms with E-state index < -0.39 is 0 Å². The molecule has 1 N–H and O–H groups in total. The van der Waals surface area contributed by atoms with Crippen LogP contribution in [0.2, 0.25) is 0 Å². The first-order valence-corrected chi connectivity index (χ1v) is 6.44. The minimum Gasteiger partial charge on any atom is -0.311 e. The molecule has 1 aromatic rings. The molecule has 0 radical (unpaired) electrons. The van der Waals surface area contributed by atoms with Crippen LogP contribution in [0.15, 0.2) is 43.0 Å². The molecule has 0 aliphatic rings. The summed E-state index contributed by atoms with van der Waals surface area (Å²) in [5, 5.41) is 3.42. The Bertz CT molecular complexity index is 304. The molecule has 0 heterocycles. The van der Waals surface area contributed by atoms with Crippen molar-refractivity contribution >= 4 is 0 Å². The third-order valence-electron chi connectivity index (χ3n) is 3.06. The van der Waals surface area contributed by atoms with Crippen molar-refractivity contribution in [3.8, 4) is 0 Å². The van der Waals surface area contributed by atoms with Gasteiger partial charge in [0.2, 0.25) is 0 Å². The molecule has 2 heteroatoms. The van der Waals surface area contributed by atoms with Gasteiger partial charge >= 0.3 is 0 Å². The Morgan fingerprint density at radius 2 is 1.88 bits per heavy atom. The van der Waals surface area contributed by atoms with Crippen LogP contribution in [0, 0.1) is 0 Å². The van der Waals surface area contributed by atoms with Gasteiger partial charge in [-0.05, 0) is 18.7 Å². The Kier molecular flexibility index (Phi) is 6.60. The van der Waals surface area contributed by atoms with Gasteiger partial charge in [-0.25, -0.2) is 0 Å². The fraction of sp³-hybridized carbons (Fsp3) is 0.467. The van der Waals surface area contributed by atoms with Crippen LogP contribution in [-0.2, 0) is 0 Å². The molecule has 94 valence electrons. The fourth-order valence-corrected chi connectivity index (χ4v) is 2.12. The van der Waals surface area contributed by atoms with Crippen LogP contribution >= 0.6 is 0 Å². The first kappa shape index (κ1) is 13.9. The third-order valence-corrected chi connectivity index (χ3v) is 3.06. The summed E-state index contributed by atoms with van der Waals surface area (Å²) in [5.74, 6) is 0. The Morgan fingerprint density at radius 1 is 1.24 bits per heavy atom. The van der Waals surface area contributed by atoms with Gasteiger partial charge in [0.1, 0.15) is 0 Å². The molecule has 0 bridgehead atoms. The number of likely N-dealkylation sites (N-methyl/N-ethyl adjacent to an activating group) is 1. The molecule has 0 amide bonds. The molecule has 1 unspecified atom stereocenters. The van der Waals surface area contributed by atoms with Gasteiger partial charge in [-0.1, -0.05) is 50.3 Å². The standard InChI is InChI=1S/C15H24N2/c1-4-12-16-13-15(17(5-2)6-3)14-10-8-7-9-11-14/h4,7-11,15-16H,1,5-6,12-13H2,2-3H3. The van der Waals surface area contributed by atoms with E-state index in [9.17, 15) is 0 Å². The van der Waals surface area contributed by atoms with Gasteiger partial charge in [0.15, 0.2) is 0 Å². The maximum Gasteiger partial charge on any atom is 0.0472 e. The Labute approximate surface area is 105 Å². The van der Waals surface area contributed by atoms with Crippen molar-refractivity contribution in [2.45, 2.75) is 19.9 Å². The summed E-state index contributed by atoms with van der Waals surface area (Å²) in [6, 6.07) is 11.2. The normalized spacial score (nSPS) is 12.6. The van der Waals surface area contributed by atoms with Gasteiger partial charge in [-0.3, -0.25) is 4.90 Å². The number of nitrogens with one attached hydrogen (secondary N) is 1. The van der Waals surface area contributed by atoms with Gasteiger partial charge in [0, 0.05) is 19.1 Å². The van der Waals surface area contributed by atoms with Crippen molar-refractivity contribution in [3.63, 3.8) is 0 Å². The third kappa shape index (κ3) is 4.33. The van der Waals surface area contributed by atoms with E-state index in [1.54, 1.807) is 0 Å². The SMILES string of the molecule is C=CCNCC(c1ccccc1)N(CC)CC. The summed E-state index contributed by atoms with van der Waals surface area (Å²) in [6.45, 7) is 12.2. The van der Waals surface area contributed by atoms with Crippen molar-refractivity contribution in [3.05, 3.63) is 48.6 Å². The monoisotopic (exact) mass is 232 g/mol. The number of hydrogen-bond acceptors (Lipinski definition) is 2. The molecular weight excluding hydrogens is 208 g/mol. The summed E-state index contributed by atoms with van der Waals surface area (Å²) >= 11 is 0.